The molecule has 1 aliphatic rings. The lowest BCUT2D eigenvalue weighted by atomic mass is 9.86. The Hall–Kier alpha value is -1.35. The Balaban J connectivity index is 2.01. The van der Waals surface area contributed by atoms with Crippen molar-refractivity contribution in [2.24, 2.45) is 0 Å². The molecule has 0 saturated carbocycles. The molecule has 3 heteroatoms. The highest BCUT2D eigenvalue weighted by atomic mass is 16.4. The molecule has 1 saturated heterocycles. The van der Waals surface area contributed by atoms with Crippen LogP contribution in [0.25, 0.3) is 0 Å². The van der Waals surface area contributed by atoms with Gasteiger partial charge in [0, 0.05) is 12.5 Å². The van der Waals surface area contributed by atoms with Crippen LogP contribution < -0.4 is 0 Å². The Bertz CT molecular complexity index is 473. The molecule has 116 valence electrons. The van der Waals surface area contributed by atoms with Crippen molar-refractivity contribution in [2.45, 2.75) is 57.9 Å². The summed E-state index contributed by atoms with van der Waals surface area (Å²) in [5, 5.41) is 8.76. The van der Waals surface area contributed by atoms with E-state index in [0.29, 0.717) is 6.04 Å². The molecule has 1 atom stereocenters. The highest BCUT2D eigenvalue weighted by Crippen LogP contribution is 2.33. The van der Waals surface area contributed by atoms with Crippen LogP contribution in [0.1, 0.15) is 63.6 Å². The average molecular weight is 289 g/mol. The Labute approximate surface area is 128 Å². The van der Waals surface area contributed by atoms with E-state index >= 15 is 0 Å². The van der Waals surface area contributed by atoms with Crippen molar-refractivity contribution in [3.63, 3.8) is 0 Å². The number of likely N-dealkylation sites (tertiary alicyclic amines) is 1. The van der Waals surface area contributed by atoms with E-state index in [4.69, 9.17) is 5.11 Å². The van der Waals surface area contributed by atoms with Gasteiger partial charge in [0.05, 0.1) is 0 Å². The van der Waals surface area contributed by atoms with Crippen LogP contribution in [0, 0.1) is 0 Å². The zero-order valence-electron chi connectivity index (χ0n) is 13.4. The number of rotatable bonds is 5. The van der Waals surface area contributed by atoms with E-state index in [9.17, 15) is 4.79 Å². The fourth-order valence-electron chi connectivity index (χ4n) is 3.11. The van der Waals surface area contributed by atoms with Crippen LogP contribution in [0.15, 0.2) is 24.3 Å². The Morgan fingerprint density at radius 3 is 2.52 bits per heavy atom. The van der Waals surface area contributed by atoms with Gasteiger partial charge in [-0.3, -0.25) is 9.69 Å². The van der Waals surface area contributed by atoms with Gasteiger partial charge in [-0.1, -0.05) is 45.0 Å². The molecule has 3 nitrogen and oxygen atoms in total. The van der Waals surface area contributed by atoms with Crippen molar-refractivity contribution in [2.75, 3.05) is 13.1 Å². The number of benzene rings is 1. The molecule has 0 bridgehead atoms. The minimum absolute atomic E-state index is 0.190. The SMILES string of the molecule is CC(C)(C)c1ccc(C2CCCN2CCCC(=O)O)cc1. The standard InChI is InChI=1S/C18H27NO2/c1-18(2,3)15-10-8-14(9-11-15)16-6-4-12-19(16)13-5-7-17(20)21/h8-11,16H,4-7,12-13H2,1-3H3,(H,20,21). The van der Waals surface area contributed by atoms with Crippen molar-refractivity contribution < 1.29 is 9.90 Å². The Morgan fingerprint density at radius 2 is 1.95 bits per heavy atom. The van der Waals surface area contributed by atoms with E-state index in [2.05, 4.69) is 49.9 Å². The second kappa shape index (κ2) is 6.61. The summed E-state index contributed by atoms with van der Waals surface area (Å²) >= 11 is 0. The van der Waals surface area contributed by atoms with E-state index in [1.165, 1.54) is 24.0 Å². The molecule has 2 rings (SSSR count). The van der Waals surface area contributed by atoms with Crippen molar-refractivity contribution >= 4 is 5.97 Å². The first-order chi connectivity index (χ1) is 9.88. The third-order valence-corrected chi connectivity index (χ3v) is 4.36. The number of carboxylic acids is 1. The zero-order chi connectivity index (χ0) is 15.5. The van der Waals surface area contributed by atoms with Crippen LogP contribution in [0.5, 0.6) is 0 Å². The third kappa shape index (κ3) is 4.31. The molecule has 0 spiro atoms. The van der Waals surface area contributed by atoms with Crippen LogP contribution in [0.3, 0.4) is 0 Å². The molecule has 0 aromatic heterocycles. The summed E-state index contributed by atoms with van der Waals surface area (Å²) in [4.78, 5) is 13.1. The van der Waals surface area contributed by atoms with Crippen molar-refractivity contribution in [3.05, 3.63) is 35.4 Å². The molecular weight excluding hydrogens is 262 g/mol. The fourth-order valence-corrected chi connectivity index (χ4v) is 3.11. The number of hydrogen-bond donors (Lipinski definition) is 1. The van der Waals surface area contributed by atoms with Gasteiger partial charge in [0.1, 0.15) is 0 Å². The van der Waals surface area contributed by atoms with E-state index in [-0.39, 0.29) is 11.8 Å². The van der Waals surface area contributed by atoms with Gasteiger partial charge in [0.25, 0.3) is 0 Å². The van der Waals surface area contributed by atoms with Crippen molar-refractivity contribution in [3.8, 4) is 0 Å². The number of aliphatic carboxylic acids is 1. The van der Waals surface area contributed by atoms with Gasteiger partial charge in [-0.05, 0) is 48.9 Å². The van der Waals surface area contributed by atoms with E-state index in [1.54, 1.807) is 0 Å². The maximum Gasteiger partial charge on any atom is 0.303 e. The number of nitrogens with zero attached hydrogens (tertiary/aromatic N) is 1. The number of hydrogen-bond acceptors (Lipinski definition) is 2. The molecule has 21 heavy (non-hydrogen) atoms. The fraction of sp³-hybridized carbons (Fsp3) is 0.611. The molecule has 1 aromatic rings. The average Bonchev–Trinajstić information content (AvgIpc) is 2.86. The van der Waals surface area contributed by atoms with Gasteiger partial charge in [-0.2, -0.15) is 0 Å². The third-order valence-electron chi connectivity index (χ3n) is 4.36. The molecule has 1 unspecified atom stereocenters. The zero-order valence-corrected chi connectivity index (χ0v) is 13.4. The molecule has 1 aliphatic heterocycles. The number of carbonyl (C=O) groups is 1. The lowest BCUT2D eigenvalue weighted by Crippen LogP contribution is -2.25. The van der Waals surface area contributed by atoms with Gasteiger partial charge in [-0.25, -0.2) is 0 Å². The van der Waals surface area contributed by atoms with Crippen LogP contribution in [0.4, 0.5) is 0 Å². The Morgan fingerprint density at radius 1 is 1.29 bits per heavy atom. The van der Waals surface area contributed by atoms with Crippen molar-refractivity contribution in [1.29, 1.82) is 0 Å². The second-order valence-electron chi connectivity index (χ2n) is 7.06. The highest BCUT2D eigenvalue weighted by molar-refractivity contribution is 5.66. The predicted octanol–water partition coefficient (Wildman–Crippen LogP) is 3.99. The lowest BCUT2D eigenvalue weighted by Gasteiger charge is -2.26. The van der Waals surface area contributed by atoms with E-state index < -0.39 is 5.97 Å². The molecule has 1 heterocycles. The van der Waals surface area contributed by atoms with E-state index in [0.717, 1.165) is 19.5 Å². The summed E-state index contributed by atoms with van der Waals surface area (Å²) in [5.74, 6) is -0.694. The van der Waals surface area contributed by atoms with Gasteiger partial charge in [0.15, 0.2) is 0 Å². The molecule has 1 aromatic carbocycles. The topological polar surface area (TPSA) is 40.5 Å². The predicted molar refractivity (Wildman–Crippen MR) is 85.6 cm³/mol. The summed E-state index contributed by atoms with van der Waals surface area (Å²) in [6.07, 6.45) is 3.40. The Kier molecular flexibility index (Phi) is 5.04. The lowest BCUT2D eigenvalue weighted by molar-refractivity contribution is -0.137. The molecular formula is C18H27NO2. The quantitative estimate of drug-likeness (QED) is 0.891. The summed E-state index contributed by atoms with van der Waals surface area (Å²) in [7, 11) is 0. The first-order valence-corrected chi connectivity index (χ1v) is 7.94. The van der Waals surface area contributed by atoms with Gasteiger partial charge in [-0.15, -0.1) is 0 Å². The largest absolute Gasteiger partial charge is 0.481 e. The van der Waals surface area contributed by atoms with Crippen molar-refractivity contribution in [1.82, 2.24) is 4.90 Å². The summed E-state index contributed by atoms with van der Waals surface area (Å²) < 4.78 is 0. The summed E-state index contributed by atoms with van der Waals surface area (Å²) in [6, 6.07) is 9.45. The van der Waals surface area contributed by atoms with Gasteiger partial charge in [0.2, 0.25) is 0 Å². The first-order valence-electron chi connectivity index (χ1n) is 7.94. The maximum atomic E-state index is 10.6. The molecule has 1 N–H and O–H groups in total. The minimum Gasteiger partial charge on any atom is -0.481 e. The smallest absolute Gasteiger partial charge is 0.303 e. The van der Waals surface area contributed by atoms with Gasteiger partial charge < -0.3 is 5.11 Å². The van der Waals surface area contributed by atoms with Crippen LogP contribution in [0.2, 0.25) is 0 Å². The highest BCUT2D eigenvalue weighted by Gasteiger charge is 2.26. The van der Waals surface area contributed by atoms with Crippen LogP contribution in [-0.2, 0) is 10.2 Å². The monoisotopic (exact) mass is 289 g/mol. The number of carboxylic acid groups (broad SMARTS) is 1. The molecule has 0 aliphatic carbocycles. The summed E-state index contributed by atoms with van der Waals surface area (Å²) in [6.45, 7) is 8.67. The maximum absolute atomic E-state index is 10.6. The van der Waals surface area contributed by atoms with Crippen LogP contribution in [-0.4, -0.2) is 29.1 Å². The normalized spacial score (nSPS) is 19.9. The van der Waals surface area contributed by atoms with Gasteiger partial charge >= 0.3 is 5.97 Å². The van der Waals surface area contributed by atoms with Crippen LogP contribution >= 0.6 is 0 Å². The first kappa shape index (κ1) is 16.0. The minimum atomic E-state index is -0.694. The summed E-state index contributed by atoms with van der Waals surface area (Å²) in [5.41, 5.74) is 2.92. The molecule has 0 radical (unpaired) electrons. The molecule has 0 amide bonds. The molecule has 1 fully saturated rings. The van der Waals surface area contributed by atoms with E-state index in [1.807, 2.05) is 0 Å². The second-order valence-corrected chi connectivity index (χ2v) is 7.06.